The van der Waals surface area contributed by atoms with Gasteiger partial charge in [0.05, 0.1) is 37.5 Å². The fourth-order valence-electron chi connectivity index (χ4n) is 5.07. The Bertz CT molecular complexity index is 1060. The summed E-state index contributed by atoms with van der Waals surface area (Å²) in [5, 5.41) is 10.1. The zero-order valence-electron chi connectivity index (χ0n) is 25.4. The molecule has 0 aromatic heterocycles. The van der Waals surface area contributed by atoms with Gasteiger partial charge in [0, 0.05) is 51.9 Å². The van der Waals surface area contributed by atoms with Gasteiger partial charge in [-0.15, -0.1) is 0 Å². The van der Waals surface area contributed by atoms with Crippen LogP contribution < -0.4 is 14.4 Å². The van der Waals surface area contributed by atoms with Crippen molar-refractivity contribution in [1.82, 2.24) is 9.80 Å². The standard InChI is InChI=1S/C32H49N3O5/c1-23-19-35(24(2)22-36)32(37)29-18-27(33(4)5)13-16-30(29)40-25(3)10-8-9-17-39-31(23)21-34(6)20-26-11-14-28(38-7)15-12-26/h11-16,18,23-25,31,36H,8-10,17,19-22H2,1-7H3/t23-,24+,25+,31-/m0/s1. The van der Waals surface area contributed by atoms with Crippen LogP contribution in [0.15, 0.2) is 42.5 Å². The zero-order chi connectivity index (χ0) is 29.2. The first kappa shape index (κ1) is 31.7. The lowest BCUT2D eigenvalue weighted by Gasteiger charge is -2.36. The smallest absolute Gasteiger partial charge is 0.258 e. The van der Waals surface area contributed by atoms with Crippen molar-refractivity contribution in [3.63, 3.8) is 0 Å². The molecule has 8 heteroatoms. The van der Waals surface area contributed by atoms with Crippen LogP contribution in [-0.2, 0) is 11.3 Å². The number of nitrogens with zero attached hydrogens (tertiary/aromatic N) is 3. The first-order chi connectivity index (χ1) is 19.1. The highest BCUT2D eigenvalue weighted by Crippen LogP contribution is 2.29. The Morgan fingerprint density at radius 3 is 2.48 bits per heavy atom. The number of hydrogen-bond donors (Lipinski definition) is 1. The third-order valence-corrected chi connectivity index (χ3v) is 7.65. The van der Waals surface area contributed by atoms with Crippen molar-refractivity contribution >= 4 is 11.6 Å². The normalized spacial score (nSPS) is 21.8. The second-order valence-corrected chi connectivity index (χ2v) is 11.4. The molecule has 40 heavy (non-hydrogen) atoms. The Morgan fingerprint density at radius 2 is 1.82 bits per heavy atom. The van der Waals surface area contributed by atoms with Crippen LogP contribution >= 0.6 is 0 Å². The van der Waals surface area contributed by atoms with E-state index in [1.165, 1.54) is 5.56 Å². The SMILES string of the molecule is COc1ccc(CN(C)C[C@@H]2OCCCC[C@@H](C)Oc3ccc(N(C)C)cc3C(=O)N([C@H](C)CO)C[C@@H]2C)cc1. The van der Waals surface area contributed by atoms with Crippen molar-refractivity contribution in [2.45, 2.75) is 64.8 Å². The van der Waals surface area contributed by atoms with Gasteiger partial charge in [-0.25, -0.2) is 0 Å². The summed E-state index contributed by atoms with van der Waals surface area (Å²) in [5.74, 6) is 1.34. The number of anilines is 1. The minimum Gasteiger partial charge on any atom is -0.497 e. The van der Waals surface area contributed by atoms with Gasteiger partial charge in [0.15, 0.2) is 0 Å². The molecule has 0 bridgehead atoms. The van der Waals surface area contributed by atoms with E-state index in [9.17, 15) is 9.90 Å². The van der Waals surface area contributed by atoms with E-state index >= 15 is 0 Å². The van der Waals surface area contributed by atoms with Crippen molar-refractivity contribution in [1.29, 1.82) is 0 Å². The summed E-state index contributed by atoms with van der Waals surface area (Å²) in [6.45, 7) is 8.57. The van der Waals surface area contributed by atoms with E-state index in [4.69, 9.17) is 14.2 Å². The molecule has 0 saturated heterocycles. The maximum absolute atomic E-state index is 14.1. The number of fused-ring (bicyclic) bond motifs is 1. The van der Waals surface area contributed by atoms with Crippen molar-refractivity contribution in [3.05, 3.63) is 53.6 Å². The fraction of sp³-hybridized carbons (Fsp3) is 0.594. The van der Waals surface area contributed by atoms with Crippen LogP contribution in [0.5, 0.6) is 11.5 Å². The van der Waals surface area contributed by atoms with E-state index in [2.05, 4.69) is 31.0 Å². The molecule has 0 radical (unpaired) electrons. The van der Waals surface area contributed by atoms with Crippen molar-refractivity contribution in [2.24, 2.45) is 5.92 Å². The van der Waals surface area contributed by atoms with E-state index in [0.29, 0.717) is 24.5 Å². The highest BCUT2D eigenvalue weighted by atomic mass is 16.5. The summed E-state index contributed by atoms with van der Waals surface area (Å²) in [6, 6.07) is 13.5. The Labute approximate surface area is 240 Å². The number of aliphatic hydroxyl groups is 1. The average molecular weight is 556 g/mol. The van der Waals surface area contributed by atoms with Gasteiger partial charge in [0.2, 0.25) is 0 Å². The van der Waals surface area contributed by atoms with Gasteiger partial charge in [-0.1, -0.05) is 19.1 Å². The minimum absolute atomic E-state index is 0.0336. The summed E-state index contributed by atoms with van der Waals surface area (Å²) in [5.41, 5.74) is 2.65. The number of ether oxygens (including phenoxy) is 3. The molecule has 1 amide bonds. The largest absolute Gasteiger partial charge is 0.497 e. The fourth-order valence-corrected chi connectivity index (χ4v) is 5.07. The maximum Gasteiger partial charge on any atom is 0.258 e. The highest BCUT2D eigenvalue weighted by molar-refractivity contribution is 5.98. The number of aliphatic hydroxyl groups excluding tert-OH is 1. The first-order valence-electron chi connectivity index (χ1n) is 14.5. The summed E-state index contributed by atoms with van der Waals surface area (Å²) < 4.78 is 18.1. The van der Waals surface area contributed by atoms with Crippen LogP contribution in [0.1, 0.15) is 56.0 Å². The molecular weight excluding hydrogens is 506 g/mol. The first-order valence-corrected chi connectivity index (χ1v) is 14.5. The number of rotatable bonds is 8. The summed E-state index contributed by atoms with van der Waals surface area (Å²) in [4.78, 5) is 20.1. The molecular formula is C32H49N3O5. The number of likely N-dealkylation sites (N-methyl/N-ethyl adjacent to an activating group) is 1. The van der Waals surface area contributed by atoms with E-state index < -0.39 is 0 Å². The molecule has 2 aromatic rings. The van der Waals surface area contributed by atoms with Gasteiger partial charge in [-0.05, 0) is 76.1 Å². The molecule has 0 aliphatic carbocycles. The maximum atomic E-state index is 14.1. The monoisotopic (exact) mass is 555 g/mol. The van der Waals surface area contributed by atoms with Gasteiger partial charge in [-0.3, -0.25) is 9.69 Å². The topological polar surface area (TPSA) is 74.7 Å². The van der Waals surface area contributed by atoms with Gasteiger partial charge in [-0.2, -0.15) is 0 Å². The number of methoxy groups -OCH3 is 1. The van der Waals surface area contributed by atoms with E-state index in [1.54, 1.807) is 12.0 Å². The predicted molar refractivity (Wildman–Crippen MR) is 161 cm³/mol. The molecule has 1 aliphatic rings. The summed E-state index contributed by atoms with van der Waals surface area (Å²) in [6.07, 6.45) is 2.70. The molecule has 1 heterocycles. The second-order valence-electron chi connectivity index (χ2n) is 11.4. The Morgan fingerprint density at radius 1 is 1.10 bits per heavy atom. The Kier molecular flexibility index (Phi) is 12.1. The second kappa shape index (κ2) is 15.3. The van der Waals surface area contributed by atoms with Gasteiger partial charge < -0.3 is 29.1 Å². The van der Waals surface area contributed by atoms with E-state index in [0.717, 1.165) is 43.8 Å². The zero-order valence-corrected chi connectivity index (χ0v) is 25.4. The number of benzene rings is 2. The van der Waals surface area contributed by atoms with Crippen molar-refractivity contribution in [2.75, 3.05) is 59.5 Å². The molecule has 0 unspecified atom stereocenters. The number of carbonyl (C=O) groups is 1. The molecule has 222 valence electrons. The van der Waals surface area contributed by atoms with E-state index in [-0.39, 0.29) is 36.7 Å². The number of amides is 1. The average Bonchev–Trinajstić information content (AvgIpc) is 2.94. The van der Waals surface area contributed by atoms with Crippen molar-refractivity contribution < 1.29 is 24.1 Å². The highest BCUT2D eigenvalue weighted by Gasteiger charge is 2.30. The molecule has 2 aromatic carbocycles. The third kappa shape index (κ3) is 8.85. The van der Waals surface area contributed by atoms with Crippen LogP contribution in [0.3, 0.4) is 0 Å². The van der Waals surface area contributed by atoms with E-state index in [1.807, 2.05) is 63.2 Å². The molecule has 3 rings (SSSR count). The molecule has 0 saturated carbocycles. The van der Waals surface area contributed by atoms with Crippen LogP contribution in [0, 0.1) is 5.92 Å². The van der Waals surface area contributed by atoms with Crippen LogP contribution in [-0.4, -0.2) is 93.6 Å². The van der Waals surface area contributed by atoms with Crippen LogP contribution in [0.25, 0.3) is 0 Å². The molecule has 8 nitrogen and oxygen atoms in total. The number of carbonyl (C=O) groups excluding carboxylic acids is 1. The van der Waals surface area contributed by atoms with Crippen LogP contribution in [0.4, 0.5) is 5.69 Å². The van der Waals surface area contributed by atoms with Gasteiger partial charge >= 0.3 is 0 Å². The Hall–Kier alpha value is -2.81. The molecule has 0 spiro atoms. The molecule has 1 aliphatic heterocycles. The lowest BCUT2D eigenvalue weighted by atomic mass is 10.0. The molecule has 4 atom stereocenters. The molecule has 0 fully saturated rings. The summed E-state index contributed by atoms with van der Waals surface area (Å²) >= 11 is 0. The Balaban J connectivity index is 1.87. The lowest BCUT2D eigenvalue weighted by molar-refractivity contribution is -0.0177. The quantitative estimate of drug-likeness (QED) is 0.507. The van der Waals surface area contributed by atoms with Crippen LogP contribution in [0.2, 0.25) is 0 Å². The third-order valence-electron chi connectivity index (χ3n) is 7.65. The minimum atomic E-state index is -0.353. The summed E-state index contributed by atoms with van der Waals surface area (Å²) in [7, 11) is 7.69. The van der Waals surface area contributed by atoms with Crippen molar-refractivity contribution in [3.8, 4) is 11.5 Å². The molecule has 1 N–H and O–H groups in total. The predicted octanol–water partition coefficient (Wildman–Crippen LogP) is 4.69. The van der Waals surface area contributed by atoms with Gasteiger partial charge in [0.1, 0.15) is 11.5 Å². The lowest BCUT2D eigenvalue weighted by Crippen LogP contribution is -2.47. The van der Waals surface area contributed by atoms with Gasteiger partial charge in [0.25, 0.3) is 5.91 Å². The number of hydrogen-bond acceptors (Lipinski definition) is 7.